The second-order valence-corrected chi connectivity index (χ2v) is 6.62. The Balaban J connectivity index is 2.01. The van der Waals surface area contributed by atoms with Gasteiger partial charge in [-0.25, -0.2) is 4.39 Å². The van der Waals surface area contributed by atoms with Gasteiger partial charge in [0.2, 0.25) is 0 Å². The molecule has 0 amide bonds. The van der Waals surface area contributed by atoms with E-state index in [2.05, 4.69) is 12.2 Å². The fraction of sp³-hybridized carbons (Fsp3) is 0.533. The first kappa shape index (κ1) is 14.9. The largest absolute Gasteiger partial charge is 0.465 e. The van der Waals surface area contributed by atoms with Crippen LogP contribution in [-0.4, -0.2) is 22.3 Å². The molecule has 6 heteroatoms. The molecule has 1 aromatic rings. The number of fused-ring (bicyclic) bond motifs is 4. The van der Waals surface area contributed by atoms with Gasteiger partial charge >= 0.3 is 0 Å². The summed E-state index contributed by atoms with van der Waals surface area (Å²) in [6, 6.07) is 2.98. The highest BCUT2D eigenvalue weighted by atomic mass is 35.5. The van der Waals surface area contributed by atoms with Crippen LogP contribution in [0.1, 0.15) is 44.7 Å². The van der Waals surface area contributed by atoms with E-state index < -0.39 is 11.5 Å². The average molecular weight is 329 g/mol. The molecule has 2 bridgehead atoms. The van der Waals surface area contributed by atoms with E-state index in [9.17, 15) is 4.39 Å². The molecule has 2 aliphatic heterocycles. The fourth-order valence-electron chi connectivity index (χ4n) is 3.09. The number of ether oxygens (including phenoxy) is 1. The van der Waals surface area contributed by atoms with Gasteiger partial charge in [-0.15, -0.1) is 0 Å². The van der Waals surface area contributed by atoms with Gasteiger partial charge in [-0.05, 0) is 37.7 Å². The van der Waals surface area contributed by atoms with Gasteiger partial charge < -0.3 is 15.0 Å². The Labute approximate surface area is 134 Å². The lowest BCUT2D eigenvalue weighted by molar-refractivity contribution is -0.0710. The Bertz CT molecular complexity index is 597. The Morgan fingerprint density at radius 1 is 1.57 bits per heavy atom. The summed E-state index contributed by atoms with van der Waals surface area (Å²) in [5.41, 5.74) is 0.138. The predicted molar refractivity (Wildman–Crippen MR) is 85.1 cm³/mol. The molecular weight excluding hydrogens is 311 g/mol. The molecule has 0 spiro atoms. The molecule has 3 rings (SSSR count). The number of rotatable bonds is 3. The SMILES string of the molecule is CCCCN1C(=S)NC2CC1(C)Oc1c(F)cc(Cl)cc12. The lowest BCUT2D eigenvalue weighted by atomic mass is 9.90. The van der Waals surface area contributed by atoms with Crippen molar-refractivity contribution in [3.8, 4) is 5.75 Å². The lowest BCUT2D eigenvalue weighted by Gasteiger charge is -2.52. The second-order valence-electron chi connectivity index (χ2n) is 5.79. The second kappa shape index (κ2) is 5.29. The van der Waals surface area contributed by atoms with Crippen molar-refractivity contribution in [3.63, 3.8) is 0 Å². The minimum absolute atomic E-state index is 0.0580. The van der Waals surface area contributed by atoms with Crippen LogP contribution in [0.15, 0.2) is 12.1 Å². The highest BCUT2D eigenvalue weighted by Crippen LogP contribution is 2.46. The van der Waals surface area contributed by atoms with Crippen LogP contribution in [0.2, 0.25) is 5.02 Å². The van der Waals surface area contributed by atoms with E-state index in [4.69, 9.17) is 28.6 Å². The lowest BCUT2D eigenvalue weighted by Crippen LogP contribution is -2.64. The van der Waals surface area contributed by atoms with Crippen LogP contribution >= 0.6 is 23.8 Å². The van der Waals surface area contributed by atoms with Gasteiger partial charge in [0, 0.05) is 23.6 Å². The van der Waals surface area contributed by atoms with Crippen molar-refractivity contribution in [1.29, 1.82) is 0 Å². The average Bonchev–Trinajstić information content (AvgIpc) is 2.40. The molecule has 114 valence electrons. The quantitative estimate of drug-likeness (QED) is 0.847. The van der Waals surface area contributed by atoms with Crippen molar-refractivity contribution in [1.82, 2.24) is 10.2 Å². The van der Waals surface area contributed by atoms with Crippen LogP contribution in [-0.2, 0) is 0 Å². The normalized spacial score (nSPS) is 27.0. The molecular formula is C15H18ClFN2OS. The third-order valence-electron chi connectivity index (χ3n) is 4.17. The number of nitrogens with zero attached hydrogens (tertiary/aromatic N) is 1. The maximum atomic E-state index is 14.2. The first-order valence-electron chi connectivity index (χ1n) is 7.20. The summed E-state index contributed by atoms with van der Waals surface area (Å²) in [6.07, 6.45) is 2.80. The Morgan fingerprint density at radius 2 is 2.33 bits per heavy atom. The van der Waals surface area contributed by atoms with Gasteiger partial charge in [-0.2, -0.15) is 0 Å². The summed E-state index contributed by atoms with van der Waals surface area (Å²) in [4.78, 5) is 2.03. The molecule has 2 unspecified atom stereocenters. The molecule has 1 aromatic carbocycles. The molecule has 21 heavy (non-hydrogen) atoms. The van der Waals surface area contributed by atoms with Crippen molar-refractivity contribution >= 4 is 28.9 Å². The molecule has 3 nitrogen and oxygen atoms in total. The maximum Gasteiger partial charge on any atom is 0.184 e. The molecule has 0 radical (unpaired) electrons. The summed E-state index contributed by atoms with van der Waals surface area (Å²) < 4.78 is 20.2. The zero-order chi connectivity index (χ0) is 15.2. The Morgan fingerprint density at radius 3 is 3.05 bits per heavy atom. The van der Waals surface area contributed by atoms with Crippen LogP contribution in [0, 0.1) is 5.82 Å². The summed E-state index contributed by atoms with van der Waals surface area (Å²) in [7, 11) is 0. The van der Waals surface area contributed by atoms with Crippen molar-refractivity contribution in [2.75, 3.05) is 6.54 Å². The van der Waals surface area contributed by atoms with Gasteiger partial charge in [0.15, 0.2) is 22.4 Å². The molecule has 1 saturated heterocycles. The van der Waals surface area contributed by atoms with Crippen LogP contribution in [0.3, 0.4) is 0 Å². The topological polar surface area (TPSA) is 24.5 Å². The Kier molecular flexibility index (Phi) is 3.74. The van der Waals surface area contributed by atoms with Crippen LogP contribution in [0.4, 0.5) is 4.39 Å². The van der Waals surface area contributed by atoms with Gasteiger partial charge in [0.1, 0.15) is 0 Å². The zero-order valence-corrected chi connectivity index (χ0v) is 13.7. The van der Waals surface area contributed by atoms with Crippen molar-refractivity contribution in [2.45, 2.75) is 44.9 Å². The molecule has 0 aliphatic carbocycles. The van der Waals surface area contributed by atoms with Crippen LogP contribution < -0.4 is 10.1 Å². The summed E-state index contributed by atoms with van der Waals surface area (Å²) in [6.45, 7) is 4.90. The molecule has 2 heterocycles. The van der Waals surface area contributed by atoms with Crippen molar-refractivity contribution in [2.24, 2.45) is 0 Å². The van der Waals surface area contributed by atoms with E-state index in [1.165, 1.54) is 6.07 Å². The number of benzene rings is 1. The molecule has 0 aromatic heterocycles. The first-order chi connectivity index (χ1) is 9.94. The monoisotopic (exact) mass is 328 g/mol. The molecule has 1 fully saturated rings. The summed E-state index contributed by atoms with van der Waals surface area (Å²) in [5.74, 6) is -0.131. The summed E-state index contributed by atoms with van der Waals surface area (Å²) in [5, 5.41) is 4.33. The van der Waals surface area contributed by atoms with Gasteiger partial charge in [-0.1, -0.05) is 24.9 Å². The smallest absolute Gasteiger partial charge is 0.184 e. The van der Waals surface area contributed by atoms with E-state index in [0.29, 0.717) is 16.6 Å². The number of nitrogens with one attached hydrogen (secondary N) is 1. The third kappa shape index (κ3) is 2.46. The van der Waals surface area contributed by atoms with Crippen molar-refractivity contribution < 1.29 is 9.13 Å². The predicted octanol–water partition coefficient (Wildman–Crippen LogP) is 4.01. The van der Waals surface area contributed by atoms with Gasteiger partial charge in [-0.3, -0.25) is 0 Å². The molecule has 2 atom stereocenters. The van der Waals surface area contributed by atoms with E-state index in [0.717, 1.165) is 24.9 Å². The highest BCUT2D eigenvalue weighted by molar-refractivity contribution is 7.80. The zero-order valence-electron chi connectivity index (χ0n) is 12.1. The number of halogens is 2. The van der Waals surface area contributed by atoms with E-state index >= 15 is 0 Å². The third-order valence-corrected chi connectivity index (χ3v) is 4.72. The van der Waals surface area contributed by atoms with E-state index in [-0.39, 0.29) is 11.8 Å². The standard InChI is InChI=1S/C15H18ClFN2OS/c1-3-4-5-19-14(21)18-12-8-15(19,2)20-13-10(12)6-9(16)7-11(13)17/h6-7,12H,3-5,8H2,1-2H3,(H,18,21). The van der Waals surface area contributed by atoms with Crippen molar-refractivity contribution in [3.05, 3.63) is 28.5 Å². The van der Waals surface area contributed by atoms with Gasteiger partial charge in [0.05, 0.1) is 6.04 Å². The fourth-order valence-corrected chi connectivity index (χ4v) is 3.73. The van der Waals surface area contributed by atoms with E-state index in [1.54, 1.807) is 6.07 Å². The number of unbranched alkanes of at least 4 members (excludes halogenated alkanes) is 1. The minimum atomic E-state index is -0.607. The number of thiocarbonyl (C=S) groups is 1. The van der Waals surface area contributed by atoms with E-state index in [1.807, 2.05) is 11.8 Å². The maximum absolute atomic E-state index is 14.2. The molecule has 1 N–H and O–H groups in total. The van der Waals surface area contributed by atoms with Crippen LogP contribution in [0.5, 0.6) is 5.75 Å². The number of hydrogen-bond acceptors (Lipinski definition) is 2. The minimum Gasteiger partial charge on any atom is -0.465 e. The summed E-state index contributed by atoms with van der Waals surface area (Å²) >= 11 is 11.4. The highest BCUT2D eigenvalue weighted by Gasteiger charge is 2.48. The molecule has 0 saturated carbocycles. The molecule has 2 aliphatic rings. The Hall–Kier alpha value is -1.07. The van der Waals surface area contributed by atoms with Gasteiger partial charge in [0.25, 0.3) is 0 Å². The number of hydrogen-bond donors (Lipinski definition) is 1. The first-order valence-corrected chi connectivity index (χ1v) is 7.99. The van der Waals surface area contributed by atoms with Crippen LogP contribution in [0.25, 0.3) is 0 Å².